The smallest absolute Gasteiger partial charge is 0.0862 e. The summed E-state index contributed by atoms with van der Waals surface area (Å²) in [4.78, 5) is 5.01. The summed E-state index contributed by atoms with van der Waals surface area (Å²) < 4.78 is 0. The van der Waals surface area contributed by atoms with E-state index in [9.17, 15) is 0 Å². The molecule has 0 heterocycles. The van der Waals surface area contributed by atoms with E-state index in [2.05, 4.69) is 0 Å². The van der Waals surface area contributed by atoms with Gasteiger partial charge in [-0.2, -0.15) is 0 Å². The Morgan fingerprint density at radius 1 is 1.42 bits per heavy atom. The molecule has 0 saturated heterocycles. The normalized spacial score (nSPS) is 9.92. The number of nitrogen functional groups attached to an aromatic ring is 1. The van der Waals surface area contributed by atoms with E-state index in [1.807, 2.05) is 32.2 Å². The highest BCUT2D eigenvalue weighted by molar-refractivity contribution is 5.66. The summed E-state index contributed by atoms with van der Waals surface area (Å²) in [6, 6.07) is 5.86. The van der Waals surface area contributed by atoms with Gasteiger partial charge in [-0.15, -0.1) is 0 Å². The van der Waals surface area contributed by atoms with Gasteiger partial charge in [-0.3, -0.25) is 9.90 Å². The minimum atomic E-state index is 0.736. The number of hydrogen-bond donors (Lipinski definition) is 1. The fourth-order valence-corrected chi connectivity index (χ4v) is 1.06. The zero-order chi connectivity index (χ0) is 9.14. The van der Waals surface area contributed by atoms with Crippen molar-refractivity contribution < 1.29 is 4.84 Å². The summed E-state index contributed by atoms with van der Waals surface area (Å²) in [5, 5.41) is 1.63. The summed E-state index contributed by atoms with van der Waals surface area (Å²) in [5.41, 5.74) is 8.56. The van der Waals surface area contributed by atoms with E-state index < -0.39 is 0 Å². The Labute approximate surface area is 72.7 Å². The van der Waals surface area contributed by atoms with Crippen LogP contribution in [0.15, 0.2) is 18.2 Å². The zero-order valence-electron chi connectivity index (χ0n) is 7.66. The van der Waals surface area contributed by atoms with E-state index in [1.165, 1.54) is 0 Å². The van der Waals surface area contributed by atoms with E-state index >= 15 is 0 Å². The molecule has 1 rings (SSSR count). The van der Waals surface area contributed by atoms with Crippen molar-refractivity contribution in [1.82, 2.24) is 0 Å². The minimum absolute atomic E-state index is 0.736. The largest absolute Gasteiger partial charge is 0.397 e. The highest BCUT2D eigenvalue weighted by Gasteiger charge is 2.02. The molecule has 0 aromatic heterocycles. The summed E-state index contributed by atoms with van der Waals surface area (Å²) in [6.45, 7) is 2.01. The predicted molar refractivity (Wildman–Crippen MR) is 51.0 cm³/mol. The molecule has 0 aliphatic carbocycles. The lowest BCUT2D eigenvalue weighted by molar-refractivity contribution is 0.185. The van der Waals surface area contributed by atoms with Crippen LogP contribution in [0.5, 0.6) is 0 Å². The number of hydrogen-bond acceptors (Lipinski definition) is 3. The van der Waals surface area contributed by atoms with Gasteiger partial charge in [0.25, 0.3) is 0 Å². The third kappa shape index (κ3) is 1.68. The first-order valence-corrected chi connectivity index (χ1v) is 3.79. The first kappa shape index (κ1) is 8.87. The van der Waals surface area contributed by atoms with E-state index in [1.54, 1.807) is 12.2 Å². The average Bonchev–Trinajstić information content (AvgIpc) is 2.03. The lowest BCUT2D eigenvalue weighted by Crippen LogP contribution is -2.16. The molecule has 0 aliphatic heterocycles. The maximum absolute atomic E-state index is 5.78. The van der Waals surface area contributed by atoms with Crippen LogP contribution in [-0.4, -0.2) is 14.2 Å². The van der Waals surface area contributed by atoms with Gasteiger partial charge in [-0.05, 0) is 24.6 Å². The maximum Gasteiger partial charge on any atom is 0.0862 e. The standard InChI is InChI=1S/C9H14N2O/c1-7-4-5-9(8(10)6-7)11(2)12-3/h4-6H,10H2,1-3H3. The fourth-order valence-electron chi connectivity index (χ4n) is 1.06. The van der Waals surface area contributed by atoms with Gasteiger partial charge >= 0.3 is 0 Å². The van der Waals surface area contributed by atoms with Crippen LogP contribution in [-0.2, 0) is 4.84 Å². The average molecular weight is 166 g/mol. The van der Waals surface area contributed by atoms with Gasteiger partial charge in [0.05, 0.1) is 18.5 Å². The quantitative estimate of drug-likeness (QED) is 0.535. The maximum atomic E-state index is 5.78. The van der Waals surface area contributed by atoms with Crippen molar-refractivity contribution in [2.24, 2.45) is 0 Å². The van der Waals surface area contributed by atoms with Crippen LogP contribution in [0.1, 0.15) is 5.56 Å². The molecular formula is C9H14N2O. The van der Waals surface area contributed by atoms with E-state index in [0.717, 1.165) is 16.9 Å². The van der Waals surface area contributed by atoms with Crippen molar-refractivity contribution in [3.63, 3.8) is 0 Å². The molecule has 0 radical (unpaired) electrons. The van der Waals surface area contributed by atoms with Crippen molar-refractivity contribution in [2.45, 2.75) is 6.92 Å². The number of aryl methyl sites for hydroxylation is 1. The second-order valence-corrected chi connectivity index (χ2v) is 2.74. The second kappa shape index (κ2) is 3.45. The van der Waals surface area contributed by atoms with Crippen LogP contribution in [0.4, 0.5) is 11.4 Å². The van der Waals surface area contributed by atoms with Gasteiger partial charge in [-0.1, -0.05) is 6.07 Å². The minimum Gasteiger partial charge on any atom is -0.397 e. The molecule has 0 spiro atoms. The van der Waals surface area contributed by atoms with Crippen LogP contribution in [0.25, 0.3) is 0 Å². The molecular weight excluding hydrogens is 152 g/mol. The number of rotatable bonds is 2. The Balaban J connectivity index is 3.01. The molecule has 1 aromatic rings. The molecule has 66 valence electrons. The van der Waals surface area contributed by atoms with Gasteiger partial charge in [0.1, 0.15) is 0 Å². The number of benzene rings is 1. The molecule has 2 N–H and O–H groups in total. The van der Waals surface area contributed by atoms with Crippen LogP contribution in [0.2, 0.25) is 0 Å². The Morgan fingerprint density at radius 2 is 2.08 bits per heavy atom. The van der Waals surface area contributed by atoms with Crippen LogP contribution >= 0.6 is 0 Å². The summed E-state index contributed by atoms with van der Waals surface area (Å²) in [6.07, 6.45) is 0. The molecule has 3 heteroatoms. The Morgan fingerprint density at radius 3 is 2.58 bits per heavy atom. The van der Waals surface area contributed by atoms with Crippen LogP contribution in [0.3, 0.4) is 0 Å². The molecule has 1 aromatic carbocycles. The van der Waals surface area contributed by atoms with Gasteiger partial charge in [-0.25, -0.2) is 0 Å². The van der Waals surface area contributed by atoms with E-state index in [0.29, 0.717) is 0 Å². The molecule has 0 saturated carbocycles. The molecule has 0 fully saturated rings. The van der Waals surface area contributed by atoms with Crippen LogP contribution < -0.4 is 10.8 Å². The lowest BCUT2D eigenvalue weighted by atomic mass is 10.2. The van der Waals surface area contributed by atoms with Gasteiger partial charge in [0.15, 0.2) is 0 Å². The van der Waals surface area contributed by atoms with Gasteiger partial charge < -0.3 is 5.73 Å². The first-order chi connectivity index (χ1) is 5.65. The van der Waals surface area contributed by atoms with Crippen LogP contribution in [0, 0.1) is 6.92 Å². The fraction of sp³-hybridized carbons (Fsp3) is 0.333. The second-order valence-electron chi connectivity index (χ2n) is 2.74. The zero-order valence-corrected chi connectivity index (χ0v) is 7.66. The van der Waals surface area contributed by atoms with Gasteiger partial charge in [0.2, 0.25) is 0 Å². The number of nitrogens with two attached hydrogens (primary N) is 1. The predicted octanol–water partition coefficient (Wildman–Crippen LogP) is 1.57. The van der Waals surface area contributed by atoms with Crippen molar-refractivity contribution in [3.05, 3.63) is 23.8 Å². The molecule has 0 atom stereocenters. The van der Waals surface area contributed by atoms with Crippen molar-refractivity contribution in [3.8, 4) is 0 Å². The monoisotopic (exact) mass is 166 g/mol. The van der Waals surface area contributed by atoms with Crippen molar-refractivity contribution in [1.29, 1.82) is 0 Å². The Hall–Kier alpha value is -1.22. The summed E-state index contributed by atoms with van der Waals surface area (Å²) in [5.74, 6) is 0. The number of hydroxylamine groups is 1. The summed E-state index contributed by atoms with van der Waals surface area (Å²) in [7, 11) is 3.43. The van der Waals surface area contributed by atoms with E-state index in [4.69, 9.17) is 10.6 Å². The highest BCUT2D eigenvalue weighted by atomic mass is 16.7. The highest BCUT2D eigenvalue weighted by Crippen LogP contribution is 2.22. The molecule has 0 aliphatic rings. The first-order valence-electron chi connectivity index (χ1n) is 3.79. The third-order valence-electron chi connectivity index (χ3n) is 1.80. The topological polar surface area (TPSA) is 38.5 Å². The number of nitrogens with zero attached hydrogens (tertiary/aromatic N) is 1. The van der Waals surface area contributed by atoms with Crippen molar-refractivity contribution in [2.75, 3.05) is 25.0 Å². The molecule has 0 amide bonds. The van der Waals surface area contributed by atoms with Crippen molar-refractivity contribution >= 4 is 11.4 Å². The Kier molecular flexibility index (Phi) is 2.55. The third-order valence-corrected chi connectivity index (χ3v) is 1.80. The number of anilines is 2. The molecule has 12 heavy (non-hydrogen) atoms. The molecule has 0 unspecified atom stereocenters. The summed E-state index contributed by atoms with van der Waals surface area (Å²) >= 11 is 0. The Bertz CT molecular complexity index is 273. The SMILES string of the molecule is CON(C)c1ccc(C)cc1N. The molecule has 3 nitrogen and oxygen atoms in total. The molecule has 0 bridgehead atoms. The van der Waals surface area contributed by atoms with E-state index in [-0.39, 0.29) is 0 Å². The lowest BCUT2D eigenvalue weighted by Gasteiger charge is -2.17. The van der Waals surface area contributed by atoms with Gasteiger partial charge in [0, 0.05) is 7.05 Å².